The zero-order chi connectivity index (χ0) is 17.6. The molecular weight excluding hydrogens is 338 g/mol. The molecule has 0 aliphatic rings. The number of rotatable bonds is 6. The minimum atomic E-state index is -0.695. The summed E-state index contributed by atoms with van der Waals surface area (Å²) in [5, 5.41) is 5.84. The number of thiazole rings is 1. The second-order valence-electron chi connectivity index (χ2n) is 5.37. The Morgan fingerprint density at radius 3 is 2.60 bits per heavy atom. The van der Waals surface area contributed by atoms with Crippen molar-refractivity contribution in [1.82, 2.24) is 10.3 Å². The number of nitrogens with one attached hydrogen (secondary N) is 2. The highest BCUT2D eigenvalue weighted by atomic mass is 32.1. The van der Waals surface area contributed by atoms with Gasteiger partial charge < -0.3 is 15.4 Å². The number of aromatic nitrogens is 1. The Kier molecular flexibility index (Phi) is 5.25. The van der Waals surface area contributed by atoms with E-state index in [1.165, 1.54) is 11.3 Å². The van der Waals surface area contributed by atoms with Gasteiger partial charge >= 0.3 is 0 Å². The molecule has 2 aromatic carbocycles. The molecule has 0 saturated heterocycles. The van der Waals surface area contributed by atoms with Crippen LogP contribution in [0.25, 0.3) is 10.2 Å². The largest absolute Gasteiger partial charge is 0.484 e. The number of ether oxygens (including phenoxy) is 1. The monoisotopic (exact) mass is 355 g/mol. The quantitative estimate of drug-likeness (QED) is 0.712. The maximum atomic E-state index is 12.2. The van der Waals surface area contributed by atoms with Crippen molar-refractivity contribution in [3.63, 3.8) is 0 Å². The van der Waals surface area contributed by atoms with E-state index in [1.807, 2.05) is 42.5 Å². The Hall–Kier alpha value is -2.93. The molecule has 0 aliphatic heterocycles. The second kappa shape index (κ2) is 7.76. The fourth-order valence-electron chi connectivity index (χ4n) is 2.15. The van der Waals surface area contributed by atoms with Crippen molar-refractivity contribution in [1.29, 1.82) is 0 Å². The van der Waals surface area contributed by atoms with Crippen LogP contribution in [0, 0.1) is 0 Å². The molecule has 2 N–H and O–H groups in total. The Morgan fingerprint density at radius 2 is 1.84 bits per heavy atom. The summed E-state index contributed by atoms with van der Waals surface area (Å²) in [5.41, 5.74) is 0.829. The van der Waals surface area contributed by atoms with E-state index in [9.17, 15) is 9.59 Å². The van der Waals surface area contributed by atoms with Crippen molar-refractivity contribution in [2.24, 2.45) is 0 Å². The highest BCUT2D eigenvalue weighted by Crippen LogP contribution is 2.25. The van der Waals surface area contributed by atoms with Gasteiger partial charge in [0.05, 0.1) is 10.2 Å². The summed E-state index contributed by atoms with van der Waals surface area (Å²) in [4.78, 5) is 28.4. The number of nitrogens with zero attached hydrogens (tertiary/aromatic N) is 1. The number of carbonyl (C=O) groups is 2. The second-order valence-corrected chi connectivity index (χ2v) is 6.40. The minimum absolute atomic E-state index is 0.150. The third kappa shape index (κ3) is 4.54. The Bertz CT molecular complexity index is 846. The van der Waals surface area contributed by atoms with Gasteiger partial charge in [-0.05, 0) is 31.2 Å². The third-order valence-corrected chi connectivity index (χ3v) is 4.36. The lowest BCUT2D eigenvalue weighted by atomic mass is 10.3. The lowest BCUT2D eigenvalue weighted by Gasteiger charge is -2.13. The van der Waals surface area contributed by atoms with Crippen molar-refractivity contribution in [2.45, 2.75) is 13.0 Å². The van der Waals surface area contributed by atoms with Crippen LogP contribution >= 0.6 is 11.3 Å². The first-order chi connectivity index (χ1) is 12.1. The first-order valence-corrected chi connectivity index (χ1v) is 8.57. The van der Waals surface area contributed by atoms with Crippen molar-refractivity contribution < 1.29 is 14.3 Å². The molecule has 1 unspecified atom stereocenters. The fraction of sp³-hybridized carbons (Fsp3) is 0.167. The Morgan fingerprint density at radius 1 is 1.12 bits per heavy atom. The molecule has 0 saturated carbocycles. The lowest BCUT2D eigenvalue weighted by molar-refractivity contribution is -0.127. The van der Waals surface area contributed by atoms with E-state index < -0.39 is 6.04 Å². The van der Waals surface area contributed by atoms with Gasteiger partial charge in [-0.25, -0.2) is 4.98 Å². The predicted octanol–water partition coefficient (Wildman–Crippen LogP) is 2.82. The highest BCUT2D eigenvalue weighted by Gasteiger charge is 2.17. The third-order valence-electron chi connectivity index (χ3n) is 3.41. The maximum absolute atomic E-state index is 12.2. The molecule has 0 aliphatic carbocycles. The van der Waals surface area contributed by atoms with Crippen LogP contribution in [0.3, 0.4) is 0 Å². The molecule has 3 aromatic rings. The molecular formula is C18H17N3O3S. The molecule has 128 valence electrons. The van der Waals surface area contributed by atoms with Gasteiger partial charge in [0.1, 0.15) is 11.8 Å². The molecule has 0 fully saturated rings. The summed E-state index contributed by atoms with van der Waals surface area (Å²) in [6.45, 7) is 1.46. The number of hydrogen-bond acceptors (Lipinski definition) is 5. The summed E-state index contributed by atoms with van der Waals surface area (Å²) in [5.74, 6) is -0.0906. The van der Waals surface area contributed by atoms with Crippen LogP contribution in [-0.2, 0) is 9.59 Å². The van der Waals surface area contributed by atoms with E-state index >= 15 is 0 Å². The van der Waals surface area contributed by atoms with Crippen LogP contribution < -0.4 is 15.4 Å². The first-order valence-electron chi connectivity index (χ1n) is 7.75. The van der Waals surface area contributed by atoms with Gasteiger partial charge in [-0.15, -0.1) is 0 Å². The number of anilines is 1. The molecule has 2 amide bonds. The molecule has 0 spiro atoms. The van der Waals surface area contributed by atoms with Crippen LogP contribution in [-0.4, -0.2) is 29.4 Å². The first kappa shape index (κ1) is 16.9. The van der Waals surface area contributed by atoms with E-state index in [1.54, 1.807) is 19.1 Å². The van der Waals surface area contributed by atoms with Gasteiger partial charge in [0, 0.05) is 0 Å². The zero-order valence-electron chi connectivity index (χ0n) is 13.6. The van der Waals surface area contributed by atoms with Crippen LogP contribution in [0.5, 0.6) is 5.75 Å². The summed E-state index contributed by atoms with van der Waals surface area (Å²) in [6.07, 6.45) is 0. The number of hydrogen-bond donors (Lipinski definition) is 2. The van der Waals surface area contributed by atoms with Gasteiger partial charge in [-0.2, -0.15) is 0 Å². The Balaban J connectivity index is 1.50. The normalized spacial score (nSPS) is 11.7. The van der Waals surface area contributed by atoms with E-state index in [0.717, 1.165) is 10.2 Å². The number of para-hydroxylation sites is 2. The van der Waals surface area contributed by atoms with Crippen molar-refractivity contribution in [3.8, 4) is 5.75 Å². The van der Waals surface area contributed by atoms with Gasteiger partial charge in [-0.3, -0.25) is 9.59 Å². The highest BCUT2D eigenvalue weighted by molar-refractivity contribution is 7.22. The van der Waals surface area contributed by atoms with E-state index in [2.05, 4.69) is 15.6 Å². The van der Waals surface area contributed by atoms with Crippen LogP contribution in [0.2, 0.25) is 0 Å². The number of amides is 2. The SMILES string of the molecule is CC(NC(=O)COc1ccccc1)C(=O)Nc1nc2ccccc2s1. The van der Waals surface area contributed by atoms with Crippen LogP contribution in [0.1, 0.15) is 6.92 Å². The topological polar surface area (TPSA) is 80.3 Å². The average Bonchev–Trinajstić information content (AvgIpc) is 3.03. The molecule has 0 radical (unpaired) electrons. The van der Waals surface area contributed by atoms with Gasteiger partial charge in [0.25, 0.3) is 5.91 Å². The maximum Gasteiger partial charge on any atom is 0.258 e. The van der Waals surface area contributed by atoms with Gasteiger partial charge in [0.2, 0.25) is 5.91 Å². The van der Waals surface area contributed by atoms with Crippen molar-refractivity contribution >= 4 is 38.5 Å². The van der Waals surface area contributed by atoms with Crippen LogP contribution in [0.15, 0.2) is 54.6 Å². The summed E-state index contributed by atoms with van der Waals surface area (Å²) >= 11 is 1.39. The van der Waals surface area contributed by atoms with Gasteiger partial charge in [0.15, 0.2) is 11.7 Å². The molecule has 6 nitrogen and oxygen atoms in total. The Labute approximate surface area is 148 Å². The molecule has 1 heterocycles. The molecule has 25 heavy (non-hydrogen) atoms. The zero-order valence-corrected chi connectivity index (χ0v) is 14.4. The predicted molar refractivity (Wildman–Crippen MR) is 97.8 cm³/mol. The summed E-state index contributed by atoms with van der Waals surface area (Å²) in [6, 6.07) is 16.0. The average molecular weight is 355 g/mol. The van der Waals surface area contributed by atoms with E-state index in [4.69, 9.17) is 4.74 Å². The molecule has 7 heteroatoms. The minimum Gasteiger partial charge on any atom is -0.484 e. The smallest absolute Gasteiger partial charge is 0.258 e. The van der Waals surface area contributed by atoms with E-state index in [0.29, 0.717) is 10.9 Å². The van der Waals surface area contributed by atoms with Crippen molar-refractivity contribution in [3.05, 3.63) is 54.6 Å². The fourth-order valence-corrected chi connectivity index (χ4v) is 3.02. The molecule has 1 aromatic heterocycles. The number of carbonyl (C=O) groups excluding carboxylic acids is 2. The van der Waals surface area contributed by atoms with Crippen molar-refractivity contribution in [2.75, 3.05) is 11.9 Å². The number of benzene rings is 2. The van der Waals surface area contributed by atoms with Gasteiger partial charge in [-0.1, -0.05) is 41.7 Å². The standard InChI is InChI=1S/C18H17N3O3S/c1-12(19-16(22)11-24-13-7-3-2-4-8-13)17(23)21-18-20-14-9-5-6-10-15(14)25-18/h2-10,12H,11H2,1H3,(H,19,22)(H,20,21,23). The van der Waals surface area contributed by atoms with Crippen LogP contribution in [0.4, 0.5) is 5.13 Å². The lowest BCUT2D eigenvalue weighted by Crippen LogP contribution is -2.43. The summed E-state index contributed by atoms with van der Waals surface area (Å²) < 4.78 is 6.34. The molecule has 0 bridgehead atoms. The van der Waals surface area contributed by atoms with E-state index in [-0.39, 0.29) is 18.4 Å². The number of fused-ring (bicyclic) bond motifs is 1. The summed E-state index contributed by atoms with van der Waals surface area (Å²) in [7, 11) is 0. The molecule has 3 rings (SSSR count). The molecule has 1 atom stereocenters.